The fourth-order valence-electron chi connectivity index (χ4n) is 3.56. The SMILES string of the molecule is C=C1N[C@H]2[C@H](COC(N)=O)N=C(NC(=O)C(Cl)(Cl)Cl)N3C[C@H](O)[C@H](O)[C@]23N1. The Morgan fingerprint density at radius 1 is 1.48 bits per heavy atom. The van der Waals surface area contributed by atoms with Gasteiger partial charge in [0.1, 0.15) is 24.9 Å². The van der Waals surface area contributed by atoms with E-state index in [9.17, 15) is 19.8 Å². The number of nitrogens with two attached hydrogens (primary N) is 1. The van der Waals surface area contributed by atoms with E-state index in [1.54, 1.807) is 0 Å². The maximum absolute atomic E-state index is 12.1. The largest absolute Gasteiger partial charge is 0.447 e. The second kappa shape index (κ2) is 6.74. The molecule has 150 valence electrons. The van der Waals surface area contributed by atoms with E-state index in [1.807, 2.05) is 0 Å². The molecule has 1 spiro atoms. The van der Waals surface area contributed by atoms with Crippen LogP contribution in [0.2, 0.25) is 0 Å². The quantitative estimate of drug-likeness (QED) is 0.269. The van der Waals surface area contributed by atoms with E-state index in [2.05, 4.69) is 27.5 Å². The molecule has 0 aromatic carbocycles. The normalized spacial score (nSPS) is 34.8. The summed E-state index contributed by atoms with van der Waals surface area (Å²) in [5.74, 6) is -0.735. The predicted octanol–water partition coefficient (Wildman–Crippen LogP) is -1.93. The Labute approximate surface area is 168 Å². The molecule has 3 aliphatic rings. The molecule has 11 nitrogen and oxygen atoms in total. The first-order valence-electron chi connectivity index (χ1n) is 7.72. The Bertz CT molecular complexity index is 715. The number of aliphatic hydroxyl groups excluding tert-OH is 2. The third-order valence-electron chi connectivity index (χ3n) is 4.59. The zero-order valence-electron chi connectivity index (χ0n) is 13.7. The van der Waals surface area contributed by atoms with E-state index in [0.717, 1.165) is 0 Å². The Morgan fingerprint density at radius 3 is 2.74 bits per heavy atom. The molecule has 0 bridgehead atoms. The van der Waals surface area contributed by atoms with Crippen LogP contribution in [0, 0.1) is 0 Å². The predicted molar refractivity (Wildman–Crippen MR) is 95.8 cm³/mol. The lowest BCUT2D eigenvalue weighted by Gasteiger charge is -2.47. The summed E-state index contributed by atoms with van der Waals surface area (Å²) in [5.41, 5.74) is 3.68. The number of ether oxygens (including phenoxy) is 1. The van der Waals surface area contributed by atoms with E-state index in [4.69, 9.17) is 45.3 Å². The summed E-state index contributed by atoms with van der Waals surface area (Å²) in [6.07, 6.45) is -3.51. The Kier molecular flexibility index (Phi) is 5.02. The van der Waals surface area contributed by atoms with Crippen LogP contribution >= 0.6 is 34.8 Å². The highest BCUT2D eigenvalue weighted by molar-refractivity contribution is 6.76. The van der Waals surface area contributed by atoms with Crippen LogP contribution in [0.25, 0.3) is 0 Å². The number of hydrogen-bond donors (Lipinski definition) is 6. The van der Waals surface area contributed by atoms with Crippen molar-refractivity contribution in [2.24, 2.45) is 10.7 Å². The average molecular weight is 444 g/mol. The van der Waals surface area contributed by atoms with Crippen LogP contribution in [0.5, 0.6) is 0 Å². The van der Waals surface area contributed by atoms with Gasteiger partial charge >= 0.3 is 6.09 Å². The Morgan fingerprint density at radius 2 is 2.15 bits per heavy atom. The molecule has 0 aliphatic carbocycles. The van der Waals surface area contributed by atoms with Crippen LogP contribution in [0.15, 0.2) is 17.4 Å². The minimum Gasteiger partial charge on any atom is -0.447 e. The fraction of sp³-hybridized carbons (Fsp3) is 0.615. The second-order valence-corrected chi connectivity index (χ2v) is 8.56. The number of amides is 2. The maximum Gasteiger partial charge on any atom is 0.404 e. The van der Waals surface area contributed by atoms with Gasteiger partial charge in [0.05, 0.1) is 18.4 Å². The van der Waals surface area contributed by atoms with Gasteiger partial charge in [-0.1, -0.05) is 41.4 Å². The second-order valence-electron chi connectivity index (χ2n) is 6.28. The van der Waals surface area contributed by atoms with E-state index < -0.39 is 45.7 Å². The lowest BCUT2D eigenvalue weighted by Crippen LogP contribution is -2.73. The molecule has 2 fully saturated rings. The van der Waals surface area contributed by atoms with Crippen molar-refractivity contribution in [2.45, 2.75) is 33.7 Å². The van der Waals surface area contributed by atoms with Crippen molar-refractivity contribution in [3.05, 3.63) is 12.4 Å². The van der Waals surface area contributed by atoms with Crippen molar-refractivity contribution in [3.8, 4) is 0 Å². The summed E-state index contributed by atoms with van der Waals surface area (Å²) in [4.78, 5) is 28.9. The number of nitrogens with zero attached hydrogens (tertiary/aromatic N) is 2. The number of hydrogen-bond acceptors (Lipinski definition) is 9. The molecular weight excluding hydrogens is 427 g/mol. The van der Waals surface area contributed by atoms with Gasteiger partial charge in [-0.05, 0) is 0 Å². The van der Waals surface area contributed by atoms with Gasteiger partial charge in [0.15, 0.2) is 5.66 Å². The number of guanidine groups is 1. The van der Waals surface area contributed by atoms with Crippen LogP contribution in [0.4, 0.5) is 4.79 Å². The number of aliphatic hydroxyl groups is 2. The van der Waals surface area contributed by atoms with Crippen LogP contribution in [-0.4, -0.2) is 80.0 Å². The minimum atomic E-state index is -2.27. The summed E-state index contributed by atoms with van der Waals surface area (Å²) in [5, 5.41) is 29.2. The van der Waals surface area contributed by atoms with Crippen molar-refractivity contribution >= 4 is 52.8 Å². The lowest BCUT2D eigenvalue weighted by atomic mass is 9.89. The number of alkyl halides is 3. The third kappa shape index (κ3) is 3.34. The molecule has 7 N–H and O–H groups in total. The molecule has 3 aliphatic heterocycles. The lowest BCUT2D eigenvalue weighted by molar-refractivity contribution is -0.119. The third-order valence-corrected chi connectivity index (χ3v) is 5.11. The molecule has 0 aromatic heterocycles. The molecule has 14 heteroatoms. The van der Waals surface area contributed by atoms with Crippen molar-refractivity contribution in [1.82, 2.24) is 20.9 Å². The summed E-state index contributed by atoms with van der Waals surface area (Å²) < 4.78 is 2.56. The summed E-state index contributed by atoms with van der Waals surface area (Å²) in [6.45, 7) is 3.42. The first-order valence-corrected chi connectivity index (χ1v) is 8.85. The van der Waals surface area contributed by atoms with Gasteiger partial charge in [0.25, 0.3) is 9.70 Å². The number of carbonyl (C=O) groups excluding carboxylic acids is 2. The molecule has 3 rings (SSSR count). The maximum atomic E-state index is 12.1. The standard InChI is InChI=1S/C13H17Cl3N6O5/c1-4-18-7-5(3-27-10(17)26)19-11(20-9(25)13(14,15)16)22-2-6(23)8(24)12(7,22)21-4/h5-8,18,21,23-24H,1-3H2,(H2,17,26)(H,19,20,25)/t5-,6-,7-,8-,12-/m0/s1. The van der Waals surface area contributed by atoms with Gasteiger partial charge in [-0.3, -0.25) is 10.1 Å². The van der Waals surface area contributed by atoms with Gasteiger partial charge in [-0.2, -0.15) is 0 Å². The summed E-state index contributed by atoms with van der Waals surface area (Å²) >= 11 is 16.8. The van der Waals surface area contributed by atoms with E-state index in [0.29, 0.717) is 5.82 Å². The van der Waals surface area contributed by atoms with Crippen molar-refractivity contribution in [1.29, 1.82) is 0 Å². The number of carbonyl (C=O) groups is 2. The van der Waals surface area contributed by atoms with E-state index in [-0.39, 0.29) is 19.1 Å². The first-order chi connectivity index (χ1) is 12.5. The Balaban J connectivity index is 2.01. The molecule has 2 amide bonds. The smallest absolute Gasteiger partial charge is 0.404 e. The zero-order chi connectivity index (χ0) is 20.1. The van der Waals surface area contributed by atoms with Gasteiger partial charge in [0.2, 0.25) is 5.96 Å². The van der Waals surface area contributed by atoms with Crippen LogP contribution in [0.3, 0.4) is 0 Å². The number of aliphatic imine (C=N–C) groups is 1. The minimum absolute atomic E-state index is 0.0814. The summed E-state index contributed by atoms with van der Waals surface area (Å²) in [7, 11) is 0. The van der Waals surface area contributed by atoms with Crippen LogP contribution in [0.1, 0.15) is 0 Å². The van der Waals surface area contributed by atoms with Crippen LogP contribution < -0.4 is 21.7 Å². The number of primary amides is 1. The molecule has 0 radical (unpaired) electrons. The number of rotatable bonds is 2. The highest BCUT2D eigenvalue weighted by atomic mass is 35.6. The molecule has 0 unspecified atom stereocenters. The van der Waals surface area contributed by atoms with Gasteiger partial charge < -0.3 is 36.2 Å². The zero-order valence-corrected chi connectivity index (χ0v) is 15.9. The summed E-state index contributed by atoms with van der Waals surface area (Å²) in [6, 6.07) is -1.49. The average Bonchev–Trinajstić information content (AvgIpc) is 3.02. The van der Waals surface area contributed by atoms with E-state index in [1.165, 1.54) is 4.90 Å². The number of nitrogens with one attached hydrogen (secondary N) is 3. The van der Waals surface area contributed by atoms with E-state index >= 15 is 0 Å². The monoisotopic (exact) mass is 442 g/mol. The highest BCUT2D eigenvalue weighted by Crippen LogP contribution is 2.40. The number of halogens is 3. The van der Waals surface area contributed by atoms with Crippen molar-refractivity contribution in [3.63, 3.8) is 0 Å². The molecule has 5 atom stereocenters. The molecule has 27 heavy (non-hydrogen) atoms. The molecule has 2 saturated heterocycles. The molecule has 0 aromatic rings. The van der Waals surface area contributed by atoms with Gasteiger partial charge in [-0.15, -0.1) is 0 Å². The van der Waals surface area contributed by atoms with Crippen molar-refractivity contribution < 1.29 is 24.5 Å². The Hall–Kier alpha value is -1.66. The van der Waals surface area contributed by atoms with Gasteiger partial charge in [0, 0.05) is 0 Å². The molecule has 3 heterocycles. The molecular formula is C13H17Cl3N6O5. The van der Waals surface area contributed by atoms with Crippen molar-refractivity contribution in [2.75, 3.05) is 13.2 Å². The topological polar surface area (TPSA) is 162 Å². The van der Waals surface area contributed by atoms with Gasteiger partial charge in [-0.25, -0.2) is 9.79 Å². The molecule has 0 saturated carbocycles. The first kappa shape index (κ1) is 20.1. The van der Waals surface area contributed by atoms with Crippen LogP contribution in [-0.2, 0) is 9.53 Å². The highest BCUT2D eigenvalue weighted by Gasteiger charge is 2.66. The fourth-order valence-corrected chi connectivity index (χ4v) is 3.70.